The molecular weight excluding hydrogens is 478 g/mol. The van der Waals surface area contributed by atoms with Crippen molar-refractivity contribution < 1.29 is 9.59 Å². The predicted molar refractivity (Wildman–Crippen MR) is 123 cm³/mol. The van der Waals surface area contributed by atoms with Crippen LogP contribution < -0.4 is 21.7 Å². The number of nitrogens with two attached hydrogens (primary N) is 1. The Morgan fingerprint density at radius 1 is 1.07 bits per heavy atom. The van der Waals surface area contributed by atoms with E-state index < -0.39 is 17.2 Å². The molecule has 2 aromatic carbocycles. The number of benzene rings is 2. The van der Waals surface area contributed by atoms with Crippen LogP contribution in [-0.4, -0.2) is 16.9 Å². The first-order valence-corrected chi connectivity index (χ1v) is 10.1. The molecule has 29 heavy (non-hydrogen) atoms. The van der Waals surface area contributed by atoms with Crippen molar-refractivity contribution in [3.05, 3.63) is 49.4 Å². The Balaban J connectivity index is 1.93. The molecular formula is C18H14Cl4N4O2S. The first-order valence-electron chi connectivity index (χ1n) is 8.15. The summed E-state index contributed by atoms with van der Waals surface area (Å²) in [5.74, 6) is -0.966. The minimum absolute atomic E-state index is 0.0883. The van der Waals surface area contributed by atoms with Crippen LogP contribution in [0.1, 0.15) is 29.8 Å². The zero-order chi connectivity index (χ0) is 21.7. The SMILES string of the molecule is CC1(C)C(=O)NC(=O)c2c1ccc(NC(=S)Nc1c(Cl)c(Cl)cc(Cl)c1Cl)c2N. The number of carbonyl (C=O) groups is 2. The summed E-state index contributed by atoms with van der Waals surface area (Å²) in [4.78, 5) is 24.5. The van der Waals surface area contributed by atoms with Gasteiger partial charge in [0.2, 0.25) is 5.91 Å². The number of hydrogen-bond donors (Lipinski definition) is 4. The Morgan fingerprint density at radius 3 is 2.24 bits per heavy atom. The van der Waals surface area contributed by atoms with E-state index in [1.54, 1.807) is 26.0 Å². The molecule has 0 saturated heterocycles. The van der Waals surface area contributed by atoms with Crippen molar-refractivity contribution in [3.8, 4) is 0 Å². The van der Waals surface area contributed by atoms with Crippen molar-refractivity contribution in [1.82, 2.24) is 5.32 Å². The van der Waals surface area contributed by atoms with Gasteiger partial charge in [-0.25, -0.2) is 0 Å². The number of fused-ring (bicyclic) bond motifs is 1. The number of thiocarbonyl (C=S) groups is 1. The van der Waals surface area contributed by atoms with Crippen molar-refractivity contribution in [3.63, 3.8) is 0 Å². The average molecular weight is 492 g/mol. The van der Waals surface area contributed by atoms with Gasteiger partial charge in [0.05, 0.1) is 48.1 Å². The monoisotopic (exact) mass is 490 g/mol. The average Bonchev–Trinajstić information content (AvgIpc) is 2.63. The molecule has 0 spiro atoms. The molecule has 0 saturated carbocycles. The quantitative estimate of drug-likeness (QED) is 0.198. The van der Waals surface area contributed by atoms with Gasteiger partial charge in [-0.2, -0.15) is 0 Å². The largest absolute Gasteiger partial charge is 0.396 e. The van der Waals surface area contributed by atoms with Crippen LogP contribution in [0.2, 0.25) is 20.1 Å². The summed E-state index contributed by atoms with van der Waals surface area (Å²) in [7, 11) is 0. The number of anilines is 3. The fourth-order valence-corrected chi connectivity index (χ4v) is 4.00. The summed E-state index contributed by atoms with van der Waals surface area (Å²) >= 11 is 29.7. The standard InChI is InChI=1S/C18H14Cl4N4O2S/c1-18(2)6-3-4-9(13(23)10(6)15(27)26-16(18)28)24-17(29)25-14-11(21)7(19)5-8(20)12(14)22/h3-5H,23H2,1-2H3,(H2,24,25,29)(H,26,27,28). The Kier molecular flexibility index (Phi) is 5.91. The van der Waals surface area contributed by atoms with Crippen LogP contribution in [0.4, 0.5) is 17.1 Å². The number of halogens is 4. The van der Waals surface area contributed by atoms with E-state index in [0.29, 0.717) is 11.3 Å². The third kappa shape index (κ3) is 3.85. The molecule has 2 aromatic rings. The summed E-state index contributed by atoms with van der Waals surface area (Å²) < 4.78 is 0. The number of nitrogens with one attached hydrogen (secondary N) is 3. The number of hydrogen-bond acceptors (Lipinski definition) is 4. The molecule has 0 aliphatic carbocycles. The van der Waals surface area contributed by atoms with Crippen LogP contribution >= 0.6 is 58.6 Å². The van der Waals surface area contributed by atoms with Gasteiger partial charge in [0.25, 0.3) is 5.91 Å². The highest BCUT2D eigenvalue weighted by molar-refractivity contribution is 7.80. The molecule has 1 aliphatic heterocycles. The van der Waals surface area contributed by atoms with Gasteiger partial charge < -0.3 is 16.4 Å². The Bertz CT molecular complexity index is 1060. The van der Waals surface area contributed by atoms with E-state index in [4.69, 9.17) is 64.4 Å². The van der Waals surface area contributed by atoms with E-state index >= 15 is 0 Å². The molecule has 0 radical (unpaired) electrons. The van der Waals surface area contributed by atoms with Crippen molar-refractivity contribution in [2.45, 2.75) is 19.3 Å². The maximum Gasteiger partial charge on any atom is 0.260 e. The Hall–Kier alpha value is -1.77. The number of rotatable bonds is 2. The summed E-state index contributed by atoms with van der Waals surface area (Å²) in [6.45, 7) is 3.42. The second kappa shape index (κ2) is 7.81. The molecule has 1 aliphatic rings. The fraction of sp³-hybridized carbons (Fsp3) is 0.167. The number of carbonyl (C=O) groups excluding carboxylic acids is 2. The normalized spacial score (nSPS) is 14.8. The molecule has 0 aromatic heterocycles. The highest BCUT2D eigenvalue weighted by atomic mass is 35.5. The molecule has 0 fully saturated rings. The van der Waals surface area contributed by atoms with Gasteiger partial charge >= 0.3 is 0 Å². The van der Waals surface area contributed by atoms with Crippen LogP contribution in [0.3, 0.4) is 0 Å². The molecule has 5 N–H and O–H groups in total. The molecule has 0 unspecified atom stereocenters. The van der Waals surface area contributed by atoms with E-state index in [1.165, 1.54) is 6.07 Å². The van der Waals surface area contributed by atoms with E-state index in [9.17, 15) is 9.59 Å². The van der Waals surface area contributed by atoms with Crippen LogP contribution in [0, 0.1) is 0 Å². The van der Waals surface area contributed by atoms with Gasteiger partial charge in [-0.15, -0.1) is 0 Å². The smallest absolute Gasteiger partial charge is 0.260 e. The molecule has 2 amide bonds. The highest BCUT2D eigenvalue weighted by Gasteiger charge is 2.40. The van der Waals surface area contributed by atoms with Gasteiger partial charge in [-0.05, 0) is 43.8 Å². The lowest BCUT2D eigenvalue weighted by Crippen LogP contribution is -2.49. The number of nitrogen functional groups attached to an aromatic ring is 1. The second-order valence-corrected chi connectivity index (χ2v) is 8.76. The summed E-state index contributed by atoms with van der Waals surface area (Å²) in [6.07, 6.45) is 0. The van der Waals surface area contributed by atoms with Gasteiger partial charge in [0.15, 0.2) is 5.11 Å². The zero-order valence-electron chi connectivity index (χ0n) is 15.0. The Labute approximate surface area is 192 Å². The van der Waals surface area contributed by atoms with Crippen molar-refractivity contribution in [2.75, 3.05) is 16.4 Å². The van der Waals surface area contributed by atoms with Crippen LogP contribution in [0.25, 0.3) is 0 Å². The lowest BCUT2D eigenvalue weighted by molar-refractivity contribution is -0.125. The second-order valence-electron chi connectivity index (χ2n) is 6.78. The van der Waals surface area contributed by atoms with Crippen LogP contribution in [-0.2, 0) is 10.2 Å². The molecule has 11 heteroatoms. The van der Waals surface area contributed by atoms with Gasteiger partial charge in [-0.3, -0.25) is 14.9 Å². The Morgan fingerprint density at radius 2 is 1.66 bits per heavy atom. The minimum atomic E-state index is -0.909. The minimum Gasteiger partial charge on any atom is -0.396 e. The highest BCUT2D eigenvalue weighted by Crippen LogP contribution is 2.41. The predicted octanol–water partition coefficient (Wildman–Crippen LogP) is 5.24. The molecule has 3 rings (SSSR count). The molecule has 6 nitrogen and oxygen atoms in total. The third-order valence-corrected chi connectivity index (χ3v) is 6.32. The van der Waals surface area contributed by atoms with Gasteiger partial charge in [0.1, 0.15) is 0 Å². The number of amides is 2. The van der Waals surface area contributed by atoms with Gasteiger partial charge in [0, 0.05) is 0 Å². The lowest BCUT2D eigenvalue weighted by atomic mass is 9.77. The van der Waals surface area contributed by atoms with E-state index in [1.807, 2.05) is 0 Å². The van der Waals surface area contributed by atoms with E-state index in [2.05, 4.69) is 16.0 Å². The van der Waals surface area contributed by atoms with Crippen LogP contribution in [0.15, 0.2) is 18.2 Å². The molecule has 0 atom stereocenters. The zero-order valence-corrected chi connectivity index (χ0v) is 18.9. The summed E-state index contributed by atoms with van der Waals surface area (Å²) in [5.41, 5.74) is 6.76. The van der Waals surface area contributed by atoms with E-state index in [0.717, 1.165) is 0 Å². The van der Waals surface area contributed by atoms with Crippen LogP contribution in [0.5, 0.6) is 0 Å². The third-order valence-electron chi connectivity index (χ3n) is 4.54. The van der Waals surface area contributed by atoms with Crippen molar-refractivity contribution in [1.29, 1.82) is 0 Å². The van der Waals surface area contributed by atoms with Gasteiger partial charge in [-0.1, -0.05) is 52.5 Å². The maximum absolute atomic E-state index is 12.3. The first-order chi connectivity index (χ1) is 13.4. The lowest BCUT2D eigenvalue weighted by Gasteiger charge is -2.31. The first kappa shape index (κ1) is 21.9. The molecule has 0 bridgehead atoms. The number of imide groups is 1. The fourth-order valence-electron chi connectivity index (χ4n) is 2.89. The molecule has 1 heterocycles. The maximum atomic E-state index is 12.3. The molecule has 152 valence electrons. The van der Waals surface area contributed by atoms with E-state index in [-0.39, 0.29) is 42.1 Å². The van der Waals surface area contributed by atoms with Crippen molar-refractivity contribution in [2.24, 2.45) is 0 Å². The summed E-state index contributed by atoms with van der Waals surface area (Å²) in [5, 5.41) is 8.80. The summed E-state index contributed by atoms with van der Waals surface area (Å²) in [6, 6.07) is 4.70. The van der Waals surface area contributed by atoms with Crippen molar-refractivity contribution >= 4 is 92.6 Å². The topological polar surface area (TPSA) is 96.2 Å².